The van der Waals surface area contributed by atoms with Crippen molar-refractivity contribution in [2.45, 2.75) is 19.3 Å². The van der Waals surface area contributed by atoms with Crippen LogP contribution in [0, 0.1) is 0 Å². The molecule has 1 aliphatic carbocycles. The van der Waals surface area contributed by atoms with E-state index in [1.54, 1.807) is 0 Å². The van der Waals surface area contributed by atoms with Crippen LogP contribution in [0.4, 0.5) is 17.1 Å². The SMILES string of the molecule is CC1(C)c2ccccc2-c2cccc(-c3ccc(N(c4ccc(-c5ccc6c7ccccc7n(-c7ccccc7)c6c5)cc4)c4ccc(-c5cccc6c5ccc5ccccc56)cc4)cc3)c21. The summed E-state index contributed by atoms with van der Waals surface area (Å²) >= 11 is 0. The van der Waals surface area contributed by atoms with Crippen LogP contribution in [0.25, 0.3) is 93.5 Å². The number of nitrogens with zero attached hydrogens (tertiary/aromatic N) is 2. The van der Waals surface area contributed by atoms with Gasteiger partial charge in [0.25, 0.3) is 0 Å². The van der Waals surface area contributed by atoms with Crippen LogP contribution >= 0.6 is 0 Å². The predicted molar refractivity (Wildman–Crippen MR) is 284 cm³/mol. The first kappa shape index (κ1) is 39.0. The van der Waals surface area contributed by atoms with Gasteiger partial charge in [-0.2, -0.15) is 0 Å². The molecule has 2 heteroatoms. The molecule has 0 fully saturated rings. The van der Waals surface area contributed by atoms with E-state index >= 15 is 0 Å². The van der Waals surface area contributed by atoms with Crippen LogP contribution < -0.4 is 4.90 Å². The van der Waals surface area contributed by atoms with Gasteiger partial charge in [-0.05, 0) is 138 Å². The normalized spacial score (nSPS) is 12.7. The minimum atomic E-state index is -0.101. The van der Waals surface area contributed by atoms with Gasteiger partial charge >= 0.3 is 0 Å². The molecule has 0 bridgehead atoms. The maximum atomic E-state index is 2.39. The number of hydrogen-bond donors (Lipinski definition) is 0. The van der Waals surface area contributed by atoms with Crippen LogP contribution in [0.3, 0.4) is 0 Å². The molecule has 13 rings (SSSR count). The first-order chi connectivity index (χ1) is 33.0. The van der Waals surface area contributed by atoms with Gasteiger partial charge in [0.15, 0.2) is 0 Å². The number of anilines is 3. The molecule has 0 N–H and O–H groups in total. The van der Waals surface area contributed by atoms with Crippen molar-refractivity contribution in [2.24, 2.45) is 0 Å². The second-order valence-electron chi connectivity index (χ2n) is 18.5. The summed E-state index contributed by atoms with van der Waals surface area (Å²) in [5.74, 6) is 0. The molecule has 0 aliphatic heterocycles. The van der Waals surface area contributed by atoms with Gasteiger partial charge in [0.1, 0.15) is 0 Å². The fourth-order valence-corrected chi connectivity index (χ4v) is 11.2. The summed E-state index contributed by atoms with van der Waals surface area (Å²) in [7, 11) is 0. The molecule has 0 unspecified atom stereocenters. The number of benzene rings is 11. The van der Waals surface area contributed by atoms with Crippen molar-refractivity contribution in [3.63, 3.8) is 0 Å². The highest BCUT2D eigenvalue weighted by molar-refractivity contribution is 6.12. The molecule has 0 saturated carbocycles. The molecule has 1 aliphatic rings. The number of para-hydroxylation sites is 2. The summed E-state index contributed by atoms with van der Waals surface area (Å²) in [5.41, 5.74) is 19.5. The zero-order valence-corrected chi connectivity index (χ0v) is 37.5. The summed E-state index contributed by atoms with van der Waals surface area (Å²) in [6.07, 6.45) is 0. The quantitative estimate of drug-likeness (QED) is 0.145. The van der Waals surface area contributed by atoms with Gasteiger partial charge in [-0.1, -0.05) is 196 Å². The average molecular weight is 855 g/mol. The van der Waals surface area contributed by atoms with Gasteiger partial charge in [0.2, 0.25) is 0 Å². The van der Waals surface area contributed by atoms with Crippen LogP contribution in [0.1, 0.15) is 25.0 Å². The number of hydrogen-bond acceptors (Lipinski definition) is 1. The van der Waals surface area contributed by atoms with E-state index in [4.69, 9.17) is 0 Å². The molecule has 12 aromatic rings. The Morgan fingerprint density at radius 1 is 0.328 bits per heavy atom. The Balaban J connectivity index is 0.906. The zero-order valence-electron chi connectivity index (χ0n) is 37.5. The highest BCUT2D eigenvalue weighted by Crippen LogP contribution is 2.52. The van der Waals surface area contributed by atoms with Crippen LogP contribution in [-0.2, 0) is 5.41 Å². The molecule has 2 nitrogen and oxygen atoms in total. The van der Waals surface area contributed by atoms with Gasteiger partial charge in [-0.3, -0.25) is 0 Å². The lowest BCUT2D eigenvalue weighted by atomic mass is 9.79. The van der Waals surface area contributed by atoms with E-state index in [1.165, 1.54) is 99.0 Å². The Morgan fingerprint density at radius 2 is 0.851 bits per heavy atom. The molecule has 0 saturated heterocycles. The van der Waals surface area contributed by atoms with Crippen molar-refractivity contribution in [2.75, 3.05) is 4.90 Å². The lowest BCUT2D eigenvalue weighted by Gasteiger charge is -2.27. The topological polar surface area (TPSA) is 8.17 Å². The Kier molecular flexibility index (Phi) is 8.91. The standard InChI is InChI=1S/C65H46N2/c1-65(2)61-24-10-8-18-57(61)60-23-13-21-54(64(60)65)46-30-38-51(39-31-46)66(50-36-28-45(29-37-50)53-20-12-22-55-52-17-7-6-14-44(52)32-40-56(53)55)49-34-26-43(27-35-49)47-33-41-59-58-19-9-11-25-62(58)67(63(59)42-47)48-15-4-3-5-16-48/h3-42H,1-2H3. The summed E-state index contributed by atoms with van der Waals surface area (Å²) < 4.78 is 2.39. The fraction of sp³-hybridized carbons (Fsp3) is 0.0462. The summed E-state index contributed by atoms with van der Waals surface area (Å²) in [5, 5.41) is 7.59. The largest absolute Gasteiger partial charge is 0.311 e. The number of rotatable bonds is 7. The molecule has 11 aromatic carbocycles. The van der Waals surface area contributed by atoms with Crippen molar-refractivity contribution in [1.82, 2.24) is 4.57 Å². The Morgan fingerprint density at radius 3 is 1.61 bits per heavy atom. The van der Waals surface area contributed by atoms with Crippen molar-refractivity contribution < 1.29 is 0 Å². The van der Waals surface area contributed by atoms with E-state index in [0.717, 1.165) is 22.7 Å². The first-order valence-electron chi connectivity index (χ1n) is 23.3. The fourth-order valence-electron chi connectivity index (χ4n) is 11.2. The zero-order chi connectivity index (χ0) is 44.6. The Hall–Kier alpha value is -8.46. The van der Waals surface area contributed by atoms with Crippen LogP contribution in [0.5, 0.6) is 0 Å². The molecule has 67 heavy (non-hydrogen) atoms. The van der Waals surface area contributed by atoms with Crippen LogP contribution in [-0.4, -0.2) is 4.57 Å². The highest BCUT2D eigenvalue weighted by Gasteiger charge is 2.37. The monoisotopic (exact) mass is 854 g/mol. The second kappa shape index (κ2) is 15.3. The van der Waals surface area contributed by atoms with Gasteiger partial charge in [-0.25, -0.2) is 0 Å². The molecule has 0 atom stereocenters. The van der Waals surface area contributed by atoms with Crippen molar-refractivity contribution >= 4 is 60.4 Å². The van der Waals surface area contributed by atoms with Gasteiger partial charge in [-0.15, -0.1) is 0 Å². The molecule has 1 aromatic heterocycles. The van der Waals surface area contributed by atoms with E-state index in [-0.39, 0.29) is 5.41 Å². The second-order valence-corrected chi connectivity index (χ2v) is 18.5. The summed E-state index contributed by atoms with van der Waals surface area (Å²) in [6.45, 7) is 4.73. The van der Waals surface area contributed by atoms with Crippen molar-refractivity contribution in [3.05, 3.63) is 254 Å². The summed E-state index contributed by atoms with van der Waals surface area (Å²) in [4.78, 5) is 2.39. The third-order valence-corrected chi connectivity index (χ3v) is 14.4. The molecular formula is C65H46N2. The highest BCUT2D eigenvalue weighted by atomic mass is 15.1. The smallest absolute Gasteiger partial charge is 0.0547 e. The lowest BCUT2D eigenvalue weighted by Crippen LogP contribution is -2.16. The van der Waals surface area contributed by atoms with E-state index < -0.39 is 0 Å². The maximum absolute atomic E-state index is 2.39. The van der Waals surface area contributed by atoms with Gasteiger partial charge < -0.3 is 9.47 Å². The molecule has 1 heterocycles. The molecule has 0 amide bonds. The summed E-state index contributed by atoms with van der Waals surface area (Å²) in [6, 6.07) is 89.3. The molecule has 0 radical (unpaired) electrons. The minimum absolute atomic E-state index is 0.101. The van der Waals surface area contributed by atoms with Crippen molar-refractivity contribution in [3.8, 4) is 50.2 Å². The third-order valence-electron chi connectivity index (χ3n) is 14.4. The van der Waals surface area contributed by atoms with Crippen LogP contribution in [0.15, 0.2) is 243 Å². The predicted octanol–water partition coefficient (Wildman–Crippen LogP) is 17.9. The molecule has 316 valence electrons. The first-order valence-corrected chi connectivity index (χ1v) is 23.3. The number of fused-ring (bicyclic) bond motifs is 9. The van der Waals surface area contributed by atoms with E-state index in [1.807, 2.05) is 0 Å². The number of aromatic nitrogens is 1. The van der Waals surface area contributed by atoms with Gasteiger partial charge in [0, 0.05) is 38.9 Å². The lowest BCUT2D eigenvalue weighted by molar-refractivity contribution is 0.662. The third kappa shape index (κ3) is 6.25. The van der Waals surface area contributed by atoms with E-state index in [2.05, 4.69) is 266 Å². The Bertz CT molecular complexity index is 3860. The Labute approximate surface area is 391 Å². The van der Waals surface area contributed by atoms with Gasteiger partial charge in [0.05, 0.1) is 11.0 Å². The van der Waals surface area contributed by atoms with E-state index in [9.17, 15) is 0 Å². The van der Waals surface area contributed by atoms with Crippen molar-refractivity contribution in [1.29, 1.82) is 0 Å². The van der Waals surface area contributed by atoms with E-state index in [0.29, 0.717) is 0 Å². The molecular weight excluding hydrogens is 809 g/mol. The molecule has 0 spiro atoms. The maximum Gasteiger partial charge on any atom is 0.0547 e. The average Bonchev–Trinajstić information content (AvgIpc) is 3.85. The van der Waals surface area contributed by atoms with Crippen LogP contribution in [0.2, 0.25) is 0 Å². The minimum Gasteiger partial charge on any atom is -0.311 e.